The van der Waals surface area contributed by atoms with Crippen LogP contribution in [0.5, 0.6) is 5.75 Å². The highest BCUT2D eigenvalue weighted by atomic mass is 35.5. The Balaban J connectivity index is 1.33. The van der Waals surface area contributed by atoms with Gasteiger partial charge in [-0.2, -0.15) is 0 Å². The Kier molecular flexibility index (Phi) is 6.26. The molecule has 1 unspecified atom stereocenters. The van der Waals surface area contributed by atoms with Crippen LogP contribution in [0.25, 0.3) is 27.9 Å². The van der Waals surface area contributed by atoms with Gasteiger partial charge in [-0.3, -0.25) is 4.57 Å². The van der Waals surface area contributed by atoms with Gasteiger partial charge < -0.3 is 24.2 Å². The first-order valence-corrected chi connectivity index (χ1v) is 12.9. The highest BCUT2D eigenvalue weighted by molar-refractivity contribution is 6.32. The molecule has 2 fully saturated rings. The summed E-state index contributed by atoms with van der Waals surface area (Å²) < 4.78 is 22.9. The Labute approximate surface area is 228 Å². The number of rotatable bonds is 4. The monoisotopic (exact) mass is 549 g/mol. The lowest BCUT2D eigenvalue weighted by molar-refractivity contribution is 0.0397. The molecule has 1 amide bonds. The summed E-state index contributed by atoms with van der Waals surface area (Å²) >= 11 is 6.52. The zero-order valence-electron chi connectivity index (χ0n) is 21.1. The second-order valence-corrected chi connectivity index (χ2v) is 10.1. The van der Waals surface area contributed by atoms with Crippen LogP contribution in [0.1, 0.15) is 6.42 Å². The van der Waals surface area contributed by atoms with Crippen molar-refractivity contribution in [1.29, 1.82) is 0 Å². The van der Waals surface area contributed by atoms with Crippen molar-refractivity contribution in [2.45, 2.75) is 12.5 Å². The average Bonchev–Trinajstić information content (AvgIpc) is 3.27. The highest BCUT2D eigenvalue weighted by Crippen LogP contribution is 2.41. The number of ether oxygens (including phenoxy) is 1. The van der Waals surface area contributed by atoms with Gasteiger partial charge in [0.05, 0.1) is 23.4 Å². The van der Waals surface area contributed by atoms with Crippen LogP contribution in [0.3, 0.4) is 0 Å². The van der Waals surface area contributed by atoms with Crippen LogP contribution in [0, 0.1) is 5.82 Å². The second kappa shape index (κ2) is 9.77. The number of anilines is 1. The number of fused-ring (bicyclic) bond motifs is 1. The number of benzene rings is 2. The first-order valence-electron chi connectivity index (χ1n) is 12.5. The van der Waals surface area contributed by atoms with Gasteiger partial charge in [0, 0.05) is 62.8 Å². The largest absolute Gasteiger partial charge is 0.507 e. The molecule has 2 aliphatic rings. The van der Waals surface area contributed by atoms with E-state index >= 15 is 0 Å². The van der Waals surface area contributed by atoms with E-state index in [1.54, 1.807) is 54.8 Å². The Morgan fingerprint density at radius 3 is 2.54 bits per heavy atom. The molecule has 1 N–H and O–H groups in total. The van der Waals surface area contributed by atoms with Crippen molar-refractivity contribution in [3.8, 4) is 33.7 Å². The number of hydrogen-bond donors (Lipinski definition) is 1. The van der Waals surface area contributed by atoms with Crippen molar-refractivity contribution in [2.24, 2.45) is 7.05 Å². The maximum atomic E-state index is 14.9. The molecule has 39 heavy (non-hydrogen) atoms. The third-order valence-corrected chi connectivity index (χ3v) is 7.62. The molecule has 0 saturated carbocycles. The number of imidazole rings is 1. The molecule has 2 aromatic heterocycles. The maximum Gasteiger partial charge on any atom is 0.410 e. The molecule has 0 aliphatic carbocycles. The van der Waals surface area contributed by atoms with E-state index in [0.717, 1.165) is 6.42 Å². The number of amides is 1. The van der Waals surface area contributed by atoms with Crippen LogP contribution in [-0.4, -0.2) is 62.5 Å². The van der Waals surface area contributed by atoms with Crippen molar-refractivity contribution in [3.05, 3.63) is 82.4 Å². The highest BCUT2D eigenvalue weighted by Gasteiger charge is 2.35. The molecular formula is C28H25ClFN5O4. The van der Waals surface area contributed by atoms with Gasteiger partial charge in [0.25, 0.3) is 0 Å². The molecule has 9 nitrogen and oxygen atoms in total. The molecule has 11 heteroatoms. The topological polar surface area (TPSA) is 92.8 Å². The van der Waals surface area contributed by atoms with E-state index in [1.165, 1.54) is 21.3 Å². The predicted octanol–water partition coefficient (Wildman–Crippen LogP) is 4.43. The summed E-state index contributed by atoms with van der Waals surface area (Å²) in [5, 5.41) is 11.5. The zero-order chi connectivity index (χ0) is 27.3. The van der Waals surface area contributed by atoms with Crippen LogP contribution in [0.15, 0.2) is 65.8 Å². The van der Waals surface area contributed by atoms with Gasteiger partial charge in [-0.1, -0.05) is 17.7 Å². The maximum absolute atomic E-state index is 14.9. The molecule has 200 valence electrons. The number of carbonyl (C=O) groups excluding carboxylic acids is 1. The van der Waals surface area contributed by atoms with Gasteiger partial charge >= 0.3 is 11.8 Å². The predicted molar refractivity (Wildman–Crippen MR) is 145 cm³/mol. The van der Waals surface area contributed by atoms with Crippen molar-refractivity contribution in [3.63, 3.8) is 0 Å². The first-order chi connectivity index (χ1) is 18.8. The number of carbonyl (C=O) groups is 1. The number of aromatic nitrogens is 3. The number of phenolic OH excluding ortho intramolecular Hbond substituents is 1. The zero-order valence-corrected chi connectivity index (χ0v) is 21.8. The van der Waals surface area contributed by atoms with Crippen LogP contribution in [0.2, 0.25) is 5.02 Å². The third-order valence-electron chi connectivity index (χ3n) is 7.31. The Hall–Kier alpha value is -4.31. The quantitative estimate of drug-likeness (QED) is 0.405. The number of nitrogens with zero attached hydrogens (tertiary/aromatic N) is 5. The van der Waals surface area contributed by atoms with E-state index in [1.807, 2.05) is 6.07 Å². The number of pyridine rings is 1. The number of piperazine rings is 1. The molecule has 2 aliphatic heterocycles. The van der Waals surface area contributed by atoms with Gasteiger partial charge in [0.15, 0.2) is 0 Å². The molecule has 0 radical (unpaired) electrons. The molecule has 0 spiro atoms. The number of cyclic esters (lactones) is 1. The fourth-order valence-corrected chi connectivity index (χ4v) is 5.50. The number of halogens is 2. The number of phenols is 1. The van der Waals surface area contributed by atoms with Gasteiger partial charge in [-0.05, 0) is 47.5 Å². The van der Waals surface area contributed by atoms with Crippen molar-refractivity contribution in [2.75, 3.05) is 31.1 Å². The van der Waals surface area contributed by atoms with Crippen LogP contribution in [0.4, 0.5) is 15.0 Å². The van der Waals surface area contributed by atoms with Crippen molar-refractivity contribution >= 4 is 23.5 Å². The number of aryl methyl sites for hydroxylation is 1. The first kappa shape index (κ1) is 25.0. The van der Waals surface area contributed by atoms with Gasteiger partial charge in [-0.15, -0.1) is 0 Å². The molecular weight excluding hydrogens is 525 g/mol. The second-order valence-electron chi connectivity index (χ2n) is 9.68. The lowest BCUT2D eigenvalue weighted by Crippen LogP contribution is -2.58. The summed E-state index contributed by atoms with van der Waals surface area (Å²) in [7, 11) is 1.64. The van der Waals surface area contributed by atoms with Gasteiger partial charge in [0.2, 0.25) is 0 Å². The number of hydrogen-bond acceptors (Lipinski definition) is 6. The molecule has 4 aromatic rings. The molecule has 4 heterocycles. The van der Waals surface area contributed by atoms with Crippen molar-refractivity contribution < 1.29 is 19.0 Å². The minimum Gasteiger partial charge on any atom is -0.507 e. The normalized spacial score (nSPS) is 17.2. The summed E-state index contributed by atoms with van der Waals surface area (Å²) in [6.07, 6.45) is 5.33. The standard InChI is InChI=1S/C28H25ClFN5O4/c1-32-7-9-35(27(32)37)24-3-2-17(12-23(24)29)21-14-19(30)15-22(26(21)36)18-4-6-31-25(13-18)33-8-10-34-20(16-33)5-11-39-28(34)38/h2-4,6-7,9,12-15,20,36H,5,8,10-11,16H2,1H3. The van der Waals surface area contributed by atoms with Gasteiger partial charge in [0.1, 0.15) is 17.4 Å². The molecule has 0 bridgehead atoms. The number of aromatic hydroxyl groups is 1. The lowest BCUT2D eigenvalue weighted by atomic mass is 9.97. The third kappa shape index (κ3) is 4.50. The van der Waals surface area contributed by atoms with E-state index in [-0.39, 0.29) is 34.2 Å². The van der Waals surface area contributed by atoms with Crippen LogP contribution in [-0.2, 0) is 11.8 Å². The fourth-order valence-electron chi connectivity index (χ4n) is 5.23. The van der Waals surface area contributed by atoms with E-state index in [0.29, 0.717) is 54.4 Å². The van der Waals surface area contributed by atoms with Crippen molar-refractivity contribution in [1.82, 2.24) is 19.0 Å². The summed E-state index contributed by atoms with van der Waals surface area (Å²) in [5.74, 6) is 0.0519. The summed E-state index contributed by atoms with van der Waals surface area (Å²) in [6, 6.07) is 11.1. The molecule has 6 rings (SSSR count). The smallest absolute Gasteiger partial charge is 0.410 e. The summed E-state index contributed by atoms with van der Waals surface area (Å²) in [5.41, 5.74) is 1.91. The van der Waals surface area contributed by atoms with Crippen LogP contribution >= 0.6 is 11.6 Å². The summed E-state index contributed by atoms with van der Waals surface area (Å²) in [4.78, 5) is 32.7. The average molecular weight is 550 g/mol. The molecule has 2 aromatic carbocycles. The lowest BCUT2D eigenvalue weighted by Gasteiger charge is -2.43. The van der Waals surface area contributed by atoms with Gasteiger partial charge in [-0.25, -0.2) is 19.0 Å². The van der Waals surface area contributed by atoms with E-state index in [4.69, 9.17) is 16.3 Å². The molecule has 1 atom stereocenters. The minimum absolute atomic E-state index is 0.0408. The van der Waals surface area contributed by atoms with E-state index < -0.39 is 5.82 Å². The summed E-state index contributed by atoms with van der Waals surface area (Å²) in [6.45, 7) is 2.12. The Bertz CT molecular complexity index is 1650. The van der Waals surface area contributed by atoms with E-state index in [9.17, 15) is 19.1 Å². The minimum atomic E-state index is -0.523. The van der Waals surface area contributed by atoms with E-state index in [2.05, 4.69) is 9.88 Å². The fraction of sp³-hybridized carbons (Fsp3) is 0.250. The van der Waals surface area contributed by atoms with Crippen LogP contribution < -0.4 is 10.6 Å². The SMILES string of the molecule is Cn1ccn(-c2ccc(-c3cc(F)cc(-c4ccnc(N5CCN6C(=O)OCCC6C5)c4)c3O)cc2Cl)c1=O. The molecule has 2 saturated heterocycles. The Morgan fingerprint density at radius 2 is 1.82 bits per heavy atom. The Morgan fingerprint density at radius 1 is 1.05 bits per heavy atom.